The molecular weight excluding hydrogens is 130 g/mol. The lowest BCUT2D eigenvalue weighted by atomic mass is 10.4. The number of fused-ring (bicyclic) bond motifs is 1. The molecule has 0 saturated carbocycles. The van der Waals surface area contributed by atoms with Gasteiger partial charge < -0.3 is 0 Å². The lowest BCUT2D eigenvalue weighted by Crippen LogP contribution is -2.10. The highest BCUT2D eigenvalue weighted by atomic mass is 16.1. The van der Waals surface area contributed by atoms with Crippen LogP contribution in [0.3, 0.4) is 0 Å². The van der Waals surface area contributed by atoms with Crippen molar-refractivity contribution in [3.63, 3.8) is 0 Å². The van der Waals surface area contributed by atoms with Gasteiger partial charge in [-0.3, -0.25) is 4.79 Å². The van der Waals surface area contributed by atoms with Gasteiger partial charge in [-0.05, 0) is 6.07 Å². The summed E-state index contributed by atoms with van der Waals surface area (Å²) >= 11 is 0. The number of hydrogen-bond donors (Lipinski definition) is 1. The lowest BCUT2D eigenvalue weighted by molar-refractivity contribution is 0.829. The monoisotopic (exact) mass is 135 g/mol. The molecule has 4 heteroatoms. The van der Waals surface area contributed by atoms with E-state index in [-0.39, 0.29) is 5.56 Å². The Bertz CT molecular complexity index is 400. The normalized spacial score (nSPS) is 10.4. The molecule has 0 aliphatic carbocycles. The second-order valence-corrected chi connectivity index (χ2v) is 1.98. The molecule has 0 fully saturated rings. The second kappa shape index (κ2) is 1.70. The Morgan fingerprint density at radius 1 is 1.50 bits per heavy atom. The van der Waals surface area contributed by atoms with Crippen LogP contribution < -0.4 is 5.56 Å². The second-order valence-electron chi connectivity index (χ2n) is 1.98. The van der Waals surface area contributed by atoms with Crippen molar-refractivity contribution in [2.24, 2.45) is 0 Å². The standard InChI is InChI=1S/C6H5N3O/c10-6-3-1-2-5-4-7-8-9(5)6/h1-4,8H. The van der Waals surface area contributed by atoms with Gasteiger partial charge in [0.2, 0.25) is 0 Å². The fourth-order valence-electron chi connectivity index (χ4n) is 0.866. The summed E-state index contributed by atoms with van der Waals surface area (Å²) in [5.74, 6) is 0. The summed E-state index contributed by atoms with van der Waals surface area (Å²) in [7, 11) is 0. The molecule has 2 rings (SSSR count). The van der Waals surface area contributed by atoms with Gasteiger partial charge in [-0.1, -0.05) is 6.07 Å². The number of rotatable bonds is 0. The van der Waals surface area contributed by atoms with Gasteiger partial charge >= 0.3 is 0 Å². The highest BCUT2D eigenvalue weighted by Gasteiger charge is 1.92. The molecule has 0 amide bonds. The van der Waals surface area contributed by atoms with Crippen LogP contribution in [0, 0.1) is 0 Å². The molecule has 0 bridgehead atoms. The van der Waals surface area contributed by atoms with Gasteiger partial charge in [0, 0.05) is 6.07 Å². The minimum atomic E-state index is -0.0880. The van der Waals surface area contributed by atoms with E-state index in [1.165, 1.54) is 10.6 Å². The van der Waals surface area contributed by atoms with Gasteiger partial charge in [0.1, 0.15) is 0 Å². The summed E-state index contributed by atoms with van der Waals surface area (Å²) in [4.78, 5) is 10.9. The molecule has 4 nitrogen and oxygen atoms in total. The van der Waals surface area contributed by atoms with Crippen LogP contribution in [-0.2, 0) is 0 Å². The number of pyridine rings is 1. The summed E-state index contributed by atoms with van der Waals surface area (Å²) in [6, 6.07) is 4.99. The minimum absolute atomic E-state index is 0.0880. The third kappa shape index (κ3) is 0.556. The van der Waals surface area contributed by atoms with Gasteiger partial charge in [-0.15, -0.1) is 0 Å². The van der Waals surface area contributed by atoms with Crippen LogP contribution in [0.1, 0.15) is 0 Å². The first-order valence-corrected chi connectivity index (χ1v) is 2.89. The Hall–Kier alpha value is -1.58. The van der Waals surface area contributed by atoms with Gasteiger partial charge in [0.25, 0.3) is 5.56 Å². The van der Waals surface area contributed by atoms with E-state index in [1.807, 2.05) is 6.07 Å². The molecule has 0 atom stereocenters. The van der Waals surface area contributed by atoms with Crippen LogP contribution in [0.15, 0.2) is 29.2 Å². The number of nitrogens with zero attached hydrogens (tertiary/aromatic N) is 2. The maximum atomic E-state index is 10.9. The molecule has 1 N–H and O–H groups in total. The predicted octanol–water partition coefficient (Wildman–Crippen LogP) is 0.0226. The highest BCUT2D eigenvalue weighted by Crippen LogP contribution is 1.91. The van der Waals surface area contributed by atoms with Crippen LogP contribution in [0.4, 0.5) is 0 Å². The molecule has 0 unspecified atom stereocenters. The largest absolute Gasteiger partial charge is 0.270 e. The van der Waals surface area contributed by atoms with Crippen LogP contribution in [0.5, 0.6) is 0 Å². The van der Waals surface area contributed by atoms with E-state index in [9.17, 15) is 4.79 Å². The number of hydrogen-bond acceptors (Lipinski definition) is 2. The van der Waals surface area contributed by atoms with E-state index in [4.69, 9.17) is 0 Å². The molecule has 10 heavy (non-hydrogen) atoms. The molecule has 2 heterocycles. The zero-order valence-electron chi connectivity index (χ0n) is 5.11. The zero-order chi connectivity index (χ0) is 6.97. The van der Waals surface area contributed by atoms with Crippen molar-refractivity contribution in [3.8, 4) is 0 Å². The number of aromatic amines is 1. The van der Waals surface area contributed by atoms with E-state index < -0.39 is 0 Å². The van der Waals surface area contributed by atoms with Crippen LogP contribution in [0.2, 0.25) is 0 Å². The van der Waals surface area contributed by atoms with Crippen molar-refractivity contribution < 1.29 is 0 Å². The summed E-state index contributed by atoms with van der Waals surface area (Å²) in [6.07, 6.45) is 1.60. The summed E-state index contributed by atoms with van der Waals surface area (Å²) in [5.41, 5.74) is 0.697. The Morgan fingerprint density at radius 2 is 2.40 bits per heavy atom. The lowest BCUT2D eigenvalue weighted by Gasteiger charge is -1.85. The number of H-pyrrole nitrogens is 1. The smallest absolute Gasteiger partial charge is 0.267 e. The molecule has 0 aliphatic rings. The van der Waals surface area contributed by atoms with Crippen molar-refractivity contribution in [3.05, 3.63) is 34.7 Å². The minimum Gasteiger partial charge on any atom is -0.267 e. The average molecular weight is 135 g/mol. The van der Waals surface area contributed by atoms with Gasteiger partial charge in [-0.2, -0.15) is 5.10 Å². The molecule has 0 aromatic carbocycles. The van der Waals surface area contributed by atoms with Crippen molar-refractivity contribution >= 4 is 5.52 Å². The summed E-state index contributed by atoms with van der Waals surface area (Å²) in [6.45, 7) is 0. The first kappa shape index (κ1) is 5.22. The fourth-order valence-corrected chi connectivity index (χ4v) is 0.866. The Balaban J connectivity index is 3.09. The van der Waals surface area contributed by atoms with Crippen molar-refractivity contribution in [1.29, 1.82) is 0 Å². The quantitative estimate of drug-likeness (QED) is 0.553. The van der Waals surface area contributed by atoms with Gasteiger partial charge in [0.05, 0.1) is 11.7 Å². The zero-order valence-corrected chi connectivity index (χ0v) is 5.11. The maximum absolute atomic E-state index is 10.9. The molecule has 0 aliphatic heterocycles. The molecule has 2 aromatic rings. The fraction of sp³-hybridized carbons (Fsp3) is 0. The highest BCUT2D eigenvalue weighted by molar-refractivity contribution is 5.41. The molecule has 0 saturated heterocycles. The Labute approximate surface area is 56.1 Å². The van der Waals surface area contributed by atoms with Crippen molar-refractivity contribution in [1.82, 2.24) is 14.8 Å². The van der Waals surface area contributed by atoms with E-state index in [0.717, 1.165) is 5.52 Å². The molecule has 2 aromatic heterocycles. The summed E-state index contributed by atoms with van der Waals surface area (Å²) in [5, 5.41) is 6.24. The van der Waals surface area contributed by atoms with E-state index in [2.05, 4.69) is 10.3 Å². The number of aromatic nitrogens is 3. The van der Waals surface area contributed by atoms with E-state index in [1.54, 1.807) is 12.3 Å². The third-order valence-electron chi connectivity index (χ3n) is 1.34. The Morgan fingerprint density at radius 3 is 3.20 bits per heavy atom. The summed E-state index contributed by atoms with van der Waals surface area (Å²) < 4.78 is 1.38. The Kier molecular flexibility index (Phi) is 0.887. The van der Waals surface area contributed by atoms with Crippen molar-refractivity contribution in [2.45, 2.75) is 0 Å². The molecule has 0 spiro atoms. The van der Waals surface area contributed by atoms with Gasteiger partial charge in [0.15, 0.2) is 0 Å². The molecule has 0 radical (unpaired) electrons. The van der Waals surface area contributed by atoms with Crippen LogP contribution in [0.25, 0.3) is 5.52 Å². The van der Waals surface area contributed by atoms with Crippen LogP contribution in [-0.4, -0.2) is 14.8 Å². The first-order valence-electron chi connectivity index (χ1n) is 2.89. The van der Waals surface area contributed by atoms with E-state index in [0.29, 0.717) is 0 Å². The van der Waals surface area contributed by atoms with E-state index >= 15 is 0 Å². The SMILES string of the molecule is O=c1cccc2cn[nH]n12. The predicted molar refractivity (Wildman–Crippen MR) is 35.8 cm³/mol. The first-order chi connectivity index (χ1) is 4.88. The third-order valence-corrected chi connectivity index (χ3v) is 1.34. The van der Waals surface area contributed by atoms with Gasteiger partial charge in [-0.25, -0.2) is 9.73 Å². The van der Waals surface area contributed by atoms with Crippen molar-refractivity contribution in [2.75, 3.05) is 0 Å². The maximum Gasteiger partial charge on any atom is 0.270 e. The molecule has 50 valence electrons. The molecular formula is C6H5N3O. The topological polar surface area (TPSA) is 50.2 Å². The van der Waals surface area contributed by atoms with Crippen LogP contribution >= 0.6 is 0 Å². The average Bonchev–Trinajstić information content (AvgIpc) is 2.36. The number of nitrogens with one attached hydrogen (secondary N) is 1.